The molecule has 0 radical (unpaired) electrons. The van der Waals surface area contributed by atoms with Crippen molar-refractivity contribution in [2.45, 2.75) is 32.9 Å². The van der Waals surface area contributed by atoms with Crippen LogP contribution in [0.3, 0.4) is 0 Å². The number of aryl methyl sites for hydroxylation is 1. The van der Waals surface area contributed by atoms with Gasteiger partial charge in [0.2, 0.25) is 0 Å². The molecule has 2 nitrogen and oxygen atoms in total. The van der Waals surface area contributed by atoms with E-state index in [2.05, 4.69) is 50.4 Å². The summed E-state index contributed by atoms with van der Waals surface area (Å²) in [5, 5.41) is 3.46. The minimum Gasteiger partial charge on any atom is -0.329 e. The molecule has 0 aliphatic rings. The molecule has 2 unspecified atom stereocenters. The van der Waals surface area contributed by atoms with Crippen LogP contribution in [0.4, 0.5) is 0 Å². The standard InChI is InChI=1S/C12H20N2/c1-9-6-4-5-7-12(9)11(3)14-10(2)8-13/h4-7,10-11,14H,8,13H2,1-3H3. The highest BCUT2D eigenvalue weighted by Crippen LogP contribution is 2.16. The van der Waals surface area contributed by atoms with Crippen molar-refractivity contribution in [1.29, 1.82) is 0 Å². The van der Waals surface area contributed by atoms with E-state index in [4.69, 9.17) is 5.73 Å². The van der Waals surface area contributed by atoms with E-state index >= 15 is 0 Å². The molecule has 2 heteroatoms. The van der Waals surface area contributed by atoms with Gasteiger partial charge in [0.05, 0.1) is 0 Å². The summed E-state index contributed by atoms with van der Waals surface area (Å²) in [4.78, 5) is 0. The lowest BCUT2D eigenvalue weighted by Crippen LogP contribution is -2.35. The molecule has 0 fully saturated rings. The molecule has 0 bridgehead atoms. The highest BCUT2D eigenvalue weighted by atomic mass is 15.0. The number of hydrogen-bond acceptors (Lipinski definition) is 2. The number of nitrogens with two attached hydrogens (primary N) is 1. The van der Waals surface area contributed by atoms with Gasteiger partial charge >= 0.3 is 0 Å². The second-order valence-corrected chi connectivity index (χ2v) is 3.88. The third-order valence-corrected chi connectivity index (χ3v) is 2.54. The van der Waals surface area contributed by atoms with Crippen LogP contribution in [0.25, 0.3) is 0 Å². The SMILES string of the molecule is Cc1ccccc1C(C)NC(C)CN. The zero-order valence-corrected chi connectivity index (χ0v) is 9.25. The van der Waals surface area contributed by atoms with Crippen molar-refractivity contribution in [1.82, 2.24) is 5.32 Å². The predicted molar refractivity (Wildman–Crippen MR) is 61.2 cm³/mol. The molecule has 0 saturated carbocycles. The molecular formula is C12H20N2. The average molecular weight is 192 g/mol. The van der Waals surface area contributed by atoms with Gasteiger partial charge in [0.25, 0.3) is 0 Å². The summed E-state index contributed by atoms with van der Waals surface area (Å²) in [5.74, 6) is 0. The van der Waals surface area contributed by atoms with Crippen molar-refractivity contribution in [2.75, 3.05) is 6.54 Å². The zero-order chi connectivity index (χ0) is 10.6. The third kappa shape index (κ3) is 2.82. The van der Waals surface area contributed by atoms with Crippen LogP contribution in [0.1, 0.15) is 31.0 Å². The van der Waals surface area contributed by atoms with E-state index in [0.29, 0.717) is 18.6 Å². The number of rotatable bonds is 4. The maximum atomic E-state index is 5.57. The fourth-order valence-corrected chi connectivity index (χ4v) is 1.66. The Morgan fingerprint density at radius 2 is 1.93 bits per heavy atom. The molecule has 2 atom stereocenters. The smallest absolute Gasteiger partial charge is 0.0297 e. The summed E-state index contributed by atoms with van der Waals surface area (Å²) < 4.78 is 0. The molecule has 0 aliphatic carbocycles. The molecule has 0 heterocycles. The Morgan fingerprint density at radius 3 is 2.50 bits per heavy atom. The Bertz CT molecular complexity index is 283. The van der Waals surface area contributed by atoms with Crippen LogP contribution in [0.2, 0.25) is 0 Å². The molecule has 1 aromatic carbocycles. The molecule has 14 heavy (non-hydrogen) atoms. The Kier molecular flexibility index (Phi) is 4.11. The van der Waals surface area contributed by atoms with Crippen molar-refractivity contribution in [3.05, 3.63) is 35.4 Å². The van der Waals surface area contributed by atoms with Gasteiger partial charge in [-0.25, -0.2) is 0 Å². The summed E-state index contributed by atoms with van der Waals surface area (Å²) in [7, 11) is 0. The minimum absolute atomic E-state index is 0.365. The summed E-state index contributed by atoms with van der Waals surface area (Å²) in [6.07, 6.45) is 0. The van der Waals surface area contributed by atoms with Crippen molar-refractivity contribution < 1.29 is 0 Å². The molecule has 0 aliphatic heterocycles. The van der Waals surface area contributed by atoms with Crippen molar-refractivity contribution >= 4 is 0 Å². The Labute approximate surface area is 86.5 Å². The van der Waals surface area contributed by atoms with Gasteiger partial charge in [-0.1, -0.05) is 24.3 Å². The number of benzene rings is 1. The fraction of sp³-hybridized carbons (Fsp3) is 0.500. The van der Waals surface area contributed by atoms with Crippen molar-refractivity contribution in [3.63, 3.8) is 0 Å². The van der Waals surface area contributed by atoms with Crippen LogP contribution in [0, 0.1) is 6.92 Å². The van der Waals surface area contributed by atoms with Gasteiger partial charge in [-0.3, -0.25) is 0 Å². The second-order valence-electron chi connectivity index (χ2n) is 3.88. The van der Waals surface area contributed by atoms with Gasteiger partial charge in [0.15, 0.2) is 0 Å². The van der Waals surface area contributed by atoms with Crippen LogP contribution in [-0.4, -0.2) is 12.6 Å². The monoisotopic (exact) mass is 192 g/mol. The largest absolute Gasteiger partial charge is 0.329 e. The van der Waals surface area contributed by atoms with E-state index in [1.54, 1.807) is 0 Å². The number of nitrogens with one attached hydrogen (secondary N) is 1. The van der Waals surface area contributed by atoms with Gasteiger partial charge in [0.1, 0.15) is 0 Å². The second kappa shape index (κ2) is 5.13. The number of hydrogen-bond donors (Lipinski definition) is 2. The average Bonchev–Trinajstić information content (AvgIpc) is 2.18. The summed E-state index contributed by atoms with van der Waals surface area (Å²) >= 11 is 0. The molecule has 0 amide bonds. The van der Waals surface area contributed by atoms with Gasteiger partial charge < -0.3 is 11.1 Å². The van der Waals surface area contributed by atoms with E-state index in [9.17, 15) is 0 Å². The molecular weight excluding hydrogens is 172 g/mol. The fourth-order valence-electron chi connectivity index (χ4n) is 1.66. The van der Waals surface area contributed by atoms with E-state index in [1.807, 2.05) is 0 Å². The van der Waals surface area contributed by atoms with Gasteiger partial charge in [-0.05, 0) is 31.9 Å². The van der Waals surface area contributed by atoms with E-state index < -0.39 is 0 Å². The molecule has 1 aromatic rings. The van der Waals surface area contributed by atoms with Crippen molar-refractivity contribution in [2.24, 2.45) is 5.73 Å². The quantitative estimate of drug-likeness (QED) is 0.765. The lowest BCUT2D eigenvalue weighted by Gasteiger charge is -2.20. The first-order valence-electron chi connectivity index (χ1n) is 5.16. The predicted octanol–water partition coefficient (Wildman–Crippen LogP) is 1.99. The molecule has 0 saturated heterocycles. The Hall–Kier alpha value is -0.860. The van der Waals surface area contributed by atoms with Crippen LogP contribution in [-0.2, 0) is 0 Å². The maximum Gasteiger partial charge on any atom is 0.0297 e. The van der Waals surface area contributed by atoms with E-state index in [-0.39, 0.29) is 0 Å². The minimum atomic E-state index is 0.365. The molecule has 78 valence electrons. The van der Waals surface area contributed by atoms with Gasteiger partial charge in [-0.2, -0.15) is 0 Å². The van der Waals surface area contributed by atoms with Crippen LogP contribution in [0.5, 0.6) is 0 Å². The first kappa shape index (κ1) is 11.2. The first-order valence-corrected chi connectivity index (χ1v) is 5.16. The summed E-state index contributed by atoms with van der Waals surface area (Å²) in [6.45, 7) is 7.10. The van der Waals surface area contributed by atoms with Gasteiger partial charge in [0, 0.05) is 18.6 Å². The summed E-state index contributed by atoms with van der Waals surface area (Å²) in [6, 6.07) is 9.18. The first-order chi connectivity index (χ1) is 6.65. The highest BCUT2D eigenvalue weighted by molar-refractivity contribution is 5.28. The van der Waals surface area contributed by atoms with Crippen LogP contribution in [0.15, 0.2) is 24.3 Å². The molecule has 3 N–H and O–H groups in total. The Morgan fingerprint density at radius 1 is 1.29 bits per heavy atom. The normalized spacial score (nSPS) is 15.1. The Balaban J connectivity index is 2.69. The van der Waals surface area contributed by atoms with E-state index in [0.717, 1.165) is 0 Å². The zero-order valence-electron chi connectivity index (χ0n) is 9.25. The van der Waals surface area contributed by atoms with Gasteiger partial charge in [-0.15, -0.1) is 0 Å². The summed E-state index contributed by atoms with van der Waals surface area (Å²) in [5.41, 5.74) is 8.26. The van der Waals surface area contributed by atoms with E-state index in [1.165, 1.54) is 11.1 Å². The van der Waals surface area contributed by atoms with Crippen molar-refractivity contribution in [3.8, 4) is 0 Å². The molecule has 0 spiro atoms. The molecule has 1 rings (SSSR count). The molecule has 0 aromatic heterocycles. The maximum absolute atomic E-state index is 5.57. The highest BCUT2D eigenvalue weighted by Gasteiger charge is 2.09. The topological polar surface area (TPSA) is 38.0 Å². The van der Waals surface area contributed by atoms with Crippen LogP contribution >= 0.6 is 0 Å². The lowest BCUT2D eigenvalue weighted by atomic mass is 10.0. The third-order valence-electron chi connectivity index (χ3n) is 2.54. The lowest BCUT2D eigenvalue weighted by molar-refractivity contribution is 0.484. The van der Waals surface area contributed by atoms with Crippen LogP contribution < -0.4 is 11.1 Å².